The molecule has 0 saturated heterocycles. The molecule has 3 aromatic rings. The van der Waals surface area contributed by atoms with Gasteiger partial charge in [-0.1, -0.05) is 42.5 Å². The molecule has 2 aromatic carbocycles. The summed E-state index contributed by atoms with van der Waals surface area (Å²) in [7, 11) is 0. The lowest BCUT2D eigenvalue weighted by atomic mass is 10.1. The van der Waals surface area contributed by atoms with E-state index in [2.05, 4.69) is 20.7 Å². The van der Waals surface area contributed by atoms with Crippen molar-refractivity contribution in [1.82, 2.24) is 20.1 Å². The van der Waals surface area contributed by atoms with Crippen molar-refractivity contribution < 1.29 is 22.8 Å². The van der Waals surface area contributed by atoms with Crippen molar-refractivity contribution in [2.45, 2.75) is 25.7 Å². The van der Waals surface area contributed by atoms with Gasteiger partial charge >= 0.3 is 6.18 Å². The third kappa shape index (κ3) is 6.16. The SMILES string of the molecule is O=C(Cn1cnc(NC(=O)Cc2ccc(C(F)(F)F)cc2)n1)NCc1ccccc1. The lowest BCUT2D eigenvalue weighted by Gasteiger charge is -2.07. The van der Waals surface area contributed by atoms with Crippen LogP contribution in [0, 0.1) is 0 Å². The summed E-state index contributed by atoms with van der Waals surface area (Å²) in [5.41, 5.74) is 0.596. The van der Waals surface area contributed by atoms with Gasteiger partial charge in [-0.25, -0.2) is 9.67 Å². The van der Waals surface area contributed by atoms with Gasteiger partial charge < -0.3 is 5.32 Å². The number of benzene rings is 2. The molecule has 156 valence electrons. The fourth-order valence-electron chi connectivity index (χ4n) is 2.59. The van der Waals surface area contributed by atoms with Gasteiger partial charge in [0.05, 0.1) is 12.0 Å². The molecule has 7 nitrogen and oxygen atoms in total. The summed E-state index contributed by atoms with van der Waals surface area (Å²) in [5.74, 6) is -0.754. The summed E-state index contributed by atoms with van der Waals surface area (Å²) in [6, 6.07) is 13.7. The molecular weight excluding hydrogens is 399 g/mol. The Labute approximate surface area is 169 Å². The van der Waals surface area contributed by atoms with Gasteiger partial charge in [0.15, 0.2) is 0 Å². The van der Waals surface area contributed by atoms with Crippen LogP contribution >= 0.6 is 0 Å². The maximum atomic E-state index is 12.6. The molecule has 2 amide bonds. The van der Waals surface area contributed by atoms with E-state index in [1.807, 2.05) is 30.3 Å². The quantitative estimate of drug-likeness (QED) is 0.619. The van der Waals surface area contributed by atoms with Crippen molar-refractivity contribution in [3.63, 3.8) is 0 Å². The van der Waals surface area contributed by atoms with Crippen LogP contribution in [0.2, 0.25) is 0 Å². The second kappa shape index (κ2) is 9.21. The summed E-state index contributed by atoms with van der Waals surface area (Å²) in [4.78, 5) is 27.9. The van der Waals surface area contributed by atoms with Crippen LogP contribution in [0.25, 0.3) is 0 Å². The average molecular weight is 417 g/mol. The molecule has 0 aliphatic rings. The molecule has 0 spiro atoms. The van der Waals surface area contributed by atoms with Crippen molar-refractivity contribution in [3.05, 3.63) is 77.6 Å². The predicted molar refractivity (Wildman–Crippen MR) is 102 cm³/mol. The summed E-state index contributed by atoms with van der Waals surface area (Å²) in [5, 5.41) is 9.20. The largest absolute Gasteiger partial charge is 0.416 e. The zero-order valence-electron chi connectivity index (χ0n) is 15.7. The Morgan fingerprint density at radius 2 is 1.63 bits per heavy atom. The van der Waals surface area contributed by atoms with Crippen LogP contribution in [0.4, 0.5) is 19.1 Å². The lowest BCUT2D eigenvalue weighted by molar-refractivity contribution is -0.137. The van der Waals surface area contributed by atoms with Crippen LogP contribution < -0.4 is 10.6 Å². The minimum Gasteiger partial charge on any atom is -0.350 e. The number of rotatable bonds is 7. The fraction of sp³-hybridized carbons (Fsp3) is 0.200. The molecule has 0 aliphatic carbocycles. The number of nitrogens with zero attached hydrogens (tertiary/aromatic N) is 3. The van der Waals surface area contributed by atoms with Crippen LogP contribution in [0.3, 0.4) is 0 Å². The molecule has 10 heteroatoms. The summed E-state index contributed by atoms with van der Waals surface area (Å²) >= 11 is 0. The van der Waals surface area contributed by atoms with Crippen molar-refractivity contribution in [3.8, 4) is 0 Å². The molecule has 0 saturated carbocycles. The maximum absolute atomic E-state index is 12.6. The molecule has 2 N–H and O–H groups in total. The maximum Gasteiger partial charge on any atom is 0.416 e. The minimum atomic E-state index is -4.43. The molecule has 0 fully saturated rings. The number of aromatic nitrogens is 3. The molecule has 0 aliphatic heterocycles. The average Bonchev–Trinajstić information content (AvgIpc) is 3.13. The highest BCUT2D eigenvalue weighted by Crippen LogP contribution is 2.29. The van der Waals surface area contributed by atoms with E-state index >= 15 is 0 Å². The second-order valence-electron chi connectivity index (χ2n) is 6.45. The Kier molecular flexibility index (Phi) is 6.45. The number of amides is 2. The summed E-state index contributed by atoms with van der Waals surface area (Å²) in [6.45, 7) is 0.305. The lowest BCUT2D eigenvalue weighted by Crippen LogP contribution is -2.27. The van der Waals surface area contributed by atoms with Crippen LogP contribution in [0.5, 0.6) is 0 Å². The van der Waals surface area contributed by atoms with Gasteiger partial charge in [-0.2, -0.15) is 13.2 Å². The zero-order valence-corrected chi connectivity index (χ0v) is 15.7. The Morgan fingerprint density at radius 1 is 0.933 bits per heavy atom. The highest BCUT2D eigenvalue weighted by Gasteiger charge is 2.29. The molecule has 0 atom stereocenters. The smallest absolute Gasteiger partial charge is 0.350 e. The van der Waals surface area contributed by atoms with Crippen LogP contribution in [0.15, 0.2) is 60.9 Å². The van der Waals surface area contributed by atoms with E-state index in [4.69, 9.17) is 0 Å². The van der Waals surface area contributed by atoms with E-state index in [0.29, 0.717) is 12.1 Å². The monoisotopic (exact) mass is 417 g/mol. The first-order valence-electron chi connectivity index (χ1n) is 8.95. The first-order chi connectivity index (χ1) is 14.3. The van der Waals surface area contributed by atoms with Crippen LogP contribution in [-0.2, 0) is 35.3 Å². The number of hydrogen-bond acceptors (Lipinski definition) is 4. The highest BCUT2D eigenvalue weighted by molar-refractivity contribution is 5.90. The Morgan fingerprint density at radius 3 is 2.30 bits per heavy atom. The van der Waals surface area contributed by atoms with Crippen molar-refractivity contribution >= 4 is 17.8 Å². The van der Waals surface area contributed by atoms with Gasteiger partial charge in [0.25, 0.3) is 0 Å². The molecule has 1 heterocycles. The number of anilines is 1. The molecule has 0 bridgehead atoms. The Hall–Kier alpha value is -3.69. The fourth-order valence-corrected chi connectivity index (χ4v) is 2.59. The number of alkyl halides is 3. The molecule has 1 aromatic heterocycles. The number of carbonyl (C=O) groups excluding carboxylic acids is 2. The third-order valence-electron chi connectivity index (χ3n) is 4.07. The summed E-state index contributed by atoms with van der Waals surface area (Å²) < 4.78 is 39.0. The van der Waals surface area contributed by atoms with E-state index in [1.54, 1.807) is 0 Å². The van der Waals surface area contributed by atoms with Gasteiger partial charge in [-0.05, 0) is 23.3 Å². The highest BCUT2D eigenvalue weighted by atomic mass is 19.4. The van der Waals surface area contributed by atoms with Crippen molar-refractivity contribution in [1.29, 1.82) is 0 Å². The number of nitrogens with one attached hydrogen (secondary N) is 2. The number of carbonyl (C=O) groups is 2. The zero-order chi connectivity index (χ0) is 21.6. The topological polar surface area (TPSA) is 88.9 Å². The van der Waals surface area contributed by atoms with Crippen molar-refractivity contribution in [2.75, 3.05) is 5.32 Å². The van der Waals surface area contributed by atoms with E-state index in [-0.39, 0.29) is 24.8 Å². The summed E-state index contributed by atoms with van der Waals surface area (Å²) in [6.07, 6.45) is -3.26. The normalized spacial score (nSPS) is 11.2. The predicted octanol–water partition coefficient (Wildman–Crippen LogP) is 2.79. The second-order valence-corrected chi connectivity index (χ2v) is 6.45. The minimum absolute atomic E-state index is 0.00257. The van der Waals surface area contributed by atoms with Crippen LogP contribution in [-0.4, -0.2) is 26.6 Å². The number of hydrogen-bond donors (Lipinski definition) is 2. The van der Waals surface area contributed by atoms with Gasteiger partial charge in [-0.15, -0.1) is 5.10 Å². The van der Waals surface area contributed by atoms with Gasteiger partial charge in [0.2, 0.25) is 17.8 Å². The molecule has 30 heavy (non-hydrogen) atoms. The van der Waals surface area contributed by atoms with Crippen LogP contribution in [0.1, 0.15) is 16.7 Å². The first kappa shape index (κ1) is 21.0. The van der Waals surface area contributed by atoms with Crippen molar-refractivity contribution in [2.24, 2.45) is 0 Å². The first-order valence-corrected chi connectivity index (χ1v) is 8.95. The molecule has 0 unspecified atom stereocenters. The Bertz CT molecular complexity index is 1000. The standard InChI is InChI=1S/C20H18F3N5O2/c21-20(22,23)16-8-6-14(7-9-16)10-17(29)26-19-25-13-28(27-19)12-18(30)24-11-15-4-2-1-3-5-15/h1-9,13H,10-12H2,(H,24,30)(H,26,27,29). The van der Waals surface area contributed by atoms with E-state index < -0.39 is 17.6 Å². The van der Waals surface area contributed by atoms with E-state index in [1.165, 1.54) is 23.1 Å². The van der Waals surface area contributed by atoms with Gasteiger partial charge in [-0.3, -0.25) is 14.9 Å². The molecule has 0 radical (unpaired) electrons. The van der Waals surface area contributed by atoms with E-state index in [0.717, 1.165) is 17.7 Å². The van der Waals surface area contributed by atoms with Gasteiger partial charge in [0.1, 0.15) is 12.9 Å². The Balaban J connectivity index is 1.47. The van der Waals surface area contributed by atoms with Gasteiger partial charge in [0, 0.05) is 6.54 Å². The third-order valence-corrected chi connectivity index (χ3v) is 4.07. The molecule has 3 rings (SSSR count). The number of halogens is 3. The molecular formula is C20H18F3N5O2. The van der Waals surface area contributed by atoms with E-state index in [9.17, 15) is 22.8 Å².